The zero-order chi connectivity index (χ0) is 15.6. The normalized spacial score (nSPS) is 12.1. The zero-order valence-electron chi connectivity index (χ0n) is 11.9. The first-order chi connectivity index (χ1) is 9.97. The minimum atomic E-state index is -0.953. The number of halogens is 3. The molecule has 21 heavy (non-hydrogen) atoms. The topological polar surface area (TPSA) is 18.5 Å². The average molecular weight is 313 g/mol. The van der Waals surface area contributed by atoms with Crippen molar-refractivity contribution in [3.05, 3.63) is 58.7 Å². The first-order valence-electron chi connectivity index (χ1n) is 6.29. The Morgan fingerprint density at radius 1 is 1.00 bits per heavy atom. The van der Waals surface area contributed by atoms with Crippen LogP contribution in [0.1, 0.15) is 22.1 Å². The maximum atomic E-state index is 14.1. The van der Waals surface area contributed by atoms with E-state index in [0.717, 1.165) is 17.7 Å². The van der Waals surface area contributed by atoms with Crippen LogP contribution in [0.3, 0.4) is 0 Å². The Labute approximate surface area is 127 Å². The van der Waals surface area contributed by atoms with E-state index in [1.165, 1.54) is 14.2 Å². The van der Waals surface area contributed by atoms with Gasteiger partial charge in [0.25, 0.3) is 0 Å². The van der Waals surface area contributed by atoms with Gasteiger partial charge in [-0.3, -0.25) is 0 Å². The van der Waals surface area contributed by atoms with Crippen LogP contribution in [-0.4, -0.2) is 14.2 Å². The summed E-state index contributed by atoms with van der Waals surface area (Å²) in [7, 11) is 2.88. The molecule has 0 fully saturated rings. The van der Waals surface area contributed by atoms with Crippen molar-refractivity contribution >= 4 is 11.6 Å². The SMILES string of the molecule is COc1cc(F)c(C(Cl)c2ccc(C)c(OC)c2)c(F)c1. The highest BCUT2D eigenvalue weighted by atomic mass is 35.5. The van der Waals surface area contributed by atoms with Gasteiger partial charge in [-0.1, -0.05) is 12.1 Å². The fourth-order valence-corrected chi connectivity index (χ4v) is 2.43. The molecular formula is C16H15ClF2O2. The first-order valence-corrected chi connectivity index (χ1v) is 6.73. The van der Waals surface area contributed by atoms with Crippen LogP contribution in [0.15, 0.2) is 30.3 Å². The van der Waals surface area contributed by atoms with E-state index in [0.29, 0.717) is 11.3 Å². The van der Waals surface area contributed by atoms with Gasteiger partial charge < -0.3 is 9.47 Å². The number of benzene rings is 2. The molecule has 0 aliphatic rings. The quantitative estimate of drug-likeness (QED) is 0.767. The van der Waals surface area contributed by atoms with E-state index in [4.69, 9.17) is 21.1 Å². The fraction of sp³-hybridized carbons (Fsp3) is 0.250. The van der Waals surface area contributed by atoms with Gasteiger partial charge in [-0.2, -0.15) is 0 Å². The summed E-state index contributed by atoms with van der Waals surface area (Å²) < 4.78 is 38.1. The van der Waals surface area contributed by atoms with Crippen molar-refractivity contribution in [2.75, 3.05) is 14.2 Å². The van der Waals surface area contributed by atoms with E-state index in [-0.39, 0.29) is 11.3 Å². The lowest BCUT2D eigenvalue weighted by Gasteiger charge is -2.15. The van der Waals surface area contributed by atoms with Crippen molar-refractivity contribution in [1.29, 1.82) is 0 Å². The van der Waals surface area contributed by atoms with Gasteiger partial charge in [-0.25, -0.2) is 8.78 Å². The largest absolute Gasteiger partial charge is 0.497 e. The molecule has 0 N–H and O–H groups in total. The van der Waals surface area contributed by atoms with Gasteiger partial charge in [-0.05, 0) is 24.1 Å². The van der Waals surface area contributed by atoms with Gasteiger partial charge in [0.15, 0.2) is 0 Å². The third-order valence-corrected chi connectivity index (χ3v) is 3.74. The molecule has 0 bridgehead atoms. The van der Waals surface area contributed by atoms with Gasteiger partial charge in [0.1, 0.15) is 23.1 Å². The first kappa shape index (κ1) is 15.6. The summed E-state index contributed by atoms with van der Waals surface area (Å²) in [5.41, 5.74) is 1.27. The van der Waals surface area contributed by atoms with Crippen LogP contribution in [0.5, 0.6) is 11.5 Å². The second-order valence-electron chi connectivity index (χ2n) is 4.60. The molecule has 2 aromatic rings. The highest BCUT2D eigenvalue weighted by molar-refractivity contribution is 6.22. The Bertz CT molecular complexity index is 636. The average Bonchev–Trinajstić information content (AvgIpc) is 2.46. The van der Waals surface area contributed by atoms with Gasteiger partial charge in [0.2, 0.25) is 0 Å². The van der Waals surface area contributed by atoms with Crippen molar-refractivity contribution in [3.8, 4) is 11.5 Å². The Morgan fingerprint density at radius 2 is 1.62 bits per heavy atom. The van der Waals surface area contributed by atoms with Crippen LogP contribution in [0.4, 0.5) is 8.78 Å². The molecule has 1 unspecified atom stereocenters. The summed E-state index contributed by atoms with van der Waals surface area (Å²) in [4.78, 5) is 0. The molecule has 0 amide bonds. The molecule has 0 heterocycles. The van der Waals surface area contributed by atoms with E-state index >= 15 is 0 Å². The van der Waals surface area contributed by atoms with Crippen molar-refractivity contribution in [3.63, 3.8) is 0 Å². The Kier molecular flexibility index (Phi) is 4.68. The lowest BCUT2D eigenvalue weighted by atomic mass is 10.0. The second-order valence-corrected chi connectivity index (χ2v) is 5.03. The van der Waals surface area contributed by atoms with Gasteiger partial charge in [0.05, 0.1) is 19.6 Å². The van der Waals surface area contributed by atoms with E-state index < -0.39 is 17.0 Å². The highest BCUT2D eigenvalue weighted by Crippen LogP contribution is 2.36. The summed E-state index contributed by atoms with van der Waals surface area (Å²) >= 11 is 6.24. The summed E-state index contributed by atoms with van der Waals surface area (Å²) in [5, 5.41) is -0.953. The molecule has 5 heteroatoms. The molecule has 2 aromatic carbocycles. The van der Waals surface area contributed by atoms with Crippen molar-refractivity contribution in [2.45, 2.75) is 12.3 Å². The summed E-state index contributed by atoms with van der Waals surface area (Å²) in [5.74, 6) is -0.760. The third-order valence-electron chi connectivity index (χ3n) is 3.27. The molecule has 0 spiro atoms. The number of hydrogen-bond acceptors (Lipinski definition) is 2. The maximum Gasteiger partial charge on any atom is 0.134 e. The molecule has 0 saturated carbocycles. The standard InChI is InChI=1S/C16H15ClF2O2/c1-9-4-5-10(6-14(9)21-3)16(17)15-12(18)7-11(20-2)8-13(15)19/h4-8,16H,1-3H3. The number of hydrogen-bond donors (Lipinski definition) is 0. The molecule has 2 nitrogen and oxygen atoms in total. The molecule has 2 rings (SSSR count). The van der Waals surface area contributed by atoms with Crippen molar-refractivity contribution in [1.82, 2.24) is 0 Å². The number of alkyl halides is 1. The van der Waals surface area contributed by atoms with Crippen molar-refractivity contribution < 1.29 is 18.3 Å². The van der Waals surface area contributed by atoms with Crippen LogP contribution in [0.2, 0.25) is 0 Å². The Morgan fingerprint density at radius 3 is 2.14 bits per heavy atom. The number of aryl methyl sites for hydroxylation is 1. The highest BCUT2D eigenvalue weighted by Gasteiger charge is 2.22. The summed E-state index contributed by atoms with van der Waals surface area (Å²) in [6, 6.07) is 7.41. The predicted molar refractivity (Wildman–Crippen MR) is 78.3 cm³/mol. The number of ether oxygens (including phenoxy) is 2. The fourth-order valence-electron chi connectivity index (χ4n) is 2.08. The van der Waals surface area contributed by atoms with Crippen LogP contribution >= 0.6 is 11.6 Å². The summed E-state index contributed by atoms with van der Waals surface area (Å²) in [6.45, 7) is 1.88. The minimum Gasteiger partial charge on any atom is -0.497 e. The molecule has 0 radical (unpaired) electrons. The van der Waals surface area contributed by atoms with Crippen LogP contribution < -0.4 is 9.47 Å². The second kappa shape index (κ2) is 6.31. The molecular weight excluding hydrogens is 298 g/mol. The minimum absolute atomic E-state index is 0.110. The number of rotatable bonds is 4. The summed E-state index contributed by atoms with van der Waals surface area (Å²) in [6.07, 6.45) is 0. The van der Waals surface area contributed by atoms with E-state index in [9.17, 15) is 8.78 Å². The lowest BCUT2D eigenvalue weighted by Crippen LogP contribution is -2.03. The Balaban J connectivity index is 2.47. The van der Waals surface area contributed by atoms with Crippen LogP contribution in [-0.2, 0) is 0 Å². The van der Waals surface area contributed by atoms with Gasteiger partial charge in [0, 0.05) is 17.7 Å². The maximum absolute atomic E-state index is 14.1. The molecule has 0 aromatic heterocycles. The predicted octanol–water partition coefficient (Wildman–Crippen LogP) is 4.62. The van der Waals surface area contributed by atoms with E-state index in [2.05, 4.69) is 0 Å². The van der Waals surface area contributed by atoms with Gasteiger partial charge in [-0.15, -0.1) is 11.6 Å². The Hall–Kier alpha value is -1.81. The number of methoxy groups -OCH3 is 2. The molecule has 0 aliphatic carbocycles. The van der Waals surface area contributed by atoms with Crippen molar-refractivity contribution in [2.24, 2.45) is 0 Å². The van der Waals surface area contributed by atoms with E-state index in [1.807, 2.05) is 6.92 Å². The smallest absolute Gasteiger partial charge is 0.134 e. The van der Waals surface area contributed by atoms with Crippen LogP contribution in [0.25, 0.3) is 0 Å². The van der Waals surface area contributed by atoms with Crippen LogP contribution in [0, 0.1) is 18.6 Å². The molecule has 0 saturated heterocycles. The third kappa shape index (κ3) is 3.10. The zero-order valence-corrected chi connectivity index (χ0v) is 12.7. The van der Waals surface area contributed by atoms with E-state index in [1.54, 1.807) is 18.2 Å². The van der Waals surface area contributed by atoms with Gasteiger partial charge >= 0.3 is 0 Å². The lowest BCUT2D eigenvalue weighted by molar-refractivity contribution is 0.405. The molecule has 0 aliphatic heterocycles. The molecule has 112 valence electrons. The molecule has 1 atom stereocenters. The monoisotopic (exact) mass is 312 g/mol.